The third-order valence-electron chi connectivity index (χ3n) is 6.19. The van der Waals surface area contributed by atoms with Gasteiger partial charge in [0, 0.05) is 16.0 Å². The van der Waals surface area contributed by atoms with E-state index in [4.69, 9.17) is 14.2 Å². The van der Waals surface area contributed by atoms with Crippen LogP contribution in [0.4, 0.5) is 5.00 Å². The molecule has 10 heteroatoms. The molecule has 3 aromatic rings. The summed E-state index contributed by atoms with van der Waals surface area (Å²) in [6, 6.07) is 13.7. The molecule has 0 spiro atoms. The molecule has 2 aromatic carbocycles. The number of aryl methyl sites for hydroxylation is 1. The SMILES string of the molecule is CCOC(=O)c1c(NC(=O)c2ccc(O[C@@H](C)C(=O)N/N=C\c3ccccc3OC)cc2)sc2c1CCCC2. The number of hydrazone groups is 1. The number of thiophene rings is 1. The predicted molar refractivity (Wildman–Crippen MR) is 150 cm³/mol. The minimum absolute atomic E-state index is 0.267. The number of ether oxygens (including phenoxy) is 3. The molecule has 1 aliphatic carbocycles. The summed E-state index contributed by atoms with van der Waals surface area (Å²) in [6.45, 7) is 3.63. The van der Waals surface area contributed by atoms with Crippen LogP contribution in [-0.2, 0) is 22.4 Å². The van der Waals surface area contributed by atoms with Crippen molar-refractivity contribution in [1.82, 2.24) is 5.43 Å². The molecule has 1 aromatic heterocycles. The number of rotatable bonds is 10. The third-order valence-corrected chi connectivity index (χ3v) is 7.40. The van der Waals surface area contributed by atoms with Gasteiger partial charge in [-0.05, 0) is 81.5 Å². The number of fused-ring (bicyclic) bond motifs is 1. The Bertz CT molecular complexity index is 1370. The van der Waals surface area contributed by atoms with Crippen LogP contribution in [0.2, 0.25) is 0 Å². The summed E-state index contributed by atoms with van der Waals surface area (Å²) in [5.41, 5.74) is 5.02. The highest BCUT2D eigenvalue weighted by Crippen LogP contribution is 2.38. The van der Waals surface area contributed by atoms with Gasteiger partial charge < -0.3 is 19.5 Å². The van der Waals surface area contributed by atoms with Crippen LogP contribution in [0.5, 0.6) is 11.5 Å². The Hall–Kier alpha value is -4.18. The molecule has 1 atom stereocenters. The van der Waals surface area contributed by atoms with Gasteiger partial charge in [-0.25, -0.2) is 10.2 Å². The topological polar surface area (TPSA) is 115 Å². The summed E-state index contributed by atoms with van der Waals surface area (Å²) in [6.07, 6.45) is 4.44. The van der Waals surface area contributed by atoms with E-state index in [0.717, 1.165) is 41.7 Å². The number of methoxy groups -OCH3 is 1. The van der Waals surface area contributed by atoms with E-state index in [0.29, 0.717) is 27.6 Å². The van der Waals surface area contributed by atoms with E-state index in [-0.39, 0.29) is 12.5 Å². The Morgan fingerprint density at radius 1 is 1.08 bits per heavy atom. The molecule has 2 N–H and O–H groups in total. The Morgan fingerprint density at radius 2 is 1.82 bits per heavy atom. The van der Waals surface area contributed by atoms with Crippen LogP contribution in [0.1, 0.15) is 63.4 Å². The summed E-state index contributed by atoms with van der Waals surface area (Å²) >= 11 is 1.44. The van der Waals surface area contributed by atoms with Gasteiger partial charge in [0.05, 0.1) is 25.5 Å². The van der Waals surface area contributed by atoms with Crippen molar-refractivity contribution in [3.8, 4) is 11.5 Å². The minimum Gasteiger partial charge on any atom is -0.496 e. The molecule has 0 aliphatic heterocycles. The van der Waals surface area contributed by atoms with Crippen molar-refractivity contribution in [1.29, 1.82) is 0 Å². The fourth-order valence-electron chi connectivity index (χ4n) is 4.22. The second-order valence-corrected chi connectivity index (χ2v) is 9.96. The molecular formula is C29H31N3O6S. The van der Waals surface area contributed by atoms with Gasteiger partial charge in [-0.15, -0.1) is 11.3 Å². The van der Waals surface area contributed by atoms with E-state index in [2.05, 4.69) is 15.8 Å². The molecule has 4 rings (SSSR count). The molecule has 2 amide bonds. The molecule has 0 bridgehead atoms. The van der Waals surface area contributed by atoms with Crippen LogP contribution >= 0.6 is 11.3 Å². The van der Waals surface area contributed by atoms with Crippen molar-refractivity contribution in [2.75, 3.05) is 19.0 Å². The van der Waals surface area contributed by atoms with Crippen molar-refractivity contribution < 1.29 is 28.6 Å². The first-order chi connectivity index (χ1) is 18.9. The quantitative estimate of drug-likeness (QED) is 0.209. The Balaban J connectivity index is 1.36. The number of para-hydroxylation sites is 1. The van der Waals surface area contributed by atoms with Gasteiger partial charge in [-0.2, -0.15) is 5.10 Å². The van der Waals surface area contributed by atoms with Crippen LogP contribution in [0.15, 0.2) is 53.6 Å². The fraction of sp³-hybridized carbons (Fsp3) is 0.310. The zero-order chi connectivity index (χ0) is 27.8. The molecule has 0 radical (unpaired) electrons. The molecule has 39 heavy (non-hydrogen) atoms. The monoisotopic (exact) mass is 549 g/mol. The standard InChI is InChI=1S/C29H31N3O6S/c1-4-37-29(35)25-22-10-6-8-12-24(22)39-28(25)31-27(34)19-13-15-21(16-14-19)38-18(2)26(33)32-30-17-20-9-5-7-11-23(20)36-3/h5,7,9,11,13-18H,4,6,8,10,12H2,1-3H3,(H,31,34)(H,32,33)/b30-17-/t18-/m0/s1. The maximum atomic E-state index is 13.0. The summed E-state index contributed by atoms with van der Waals surface area (Å²) in [5, 5.41) is 7.39. The first kappa shape index (κ1) is 27.8. The lowest BCUT2D eigenvalue weighted by Gasteiger charge is -2.13. The molecule has 1 aliphatic rings. The van der Waals surface area contributed by atoms with Crippen molar-refractivity contribution in [2.45, 2.75) is 45.6 Å². The van der Waals surface area contributed by atoms with Crippen LogP contribution in [-0.4, -0.2) is 43.8 Å². The van der Waals surface area contributed by atoms with Crippen molar-refractivity contribution in [3.05, 3.63) is 75.7 Å². The Morgan fingerprint density at radius 3 is 2.56 bits per heavy atom. The highest BCUT2D eigenvalue weighted by molar-refractivity contribution is 7.17. The molecule has 0 saturated carbocycles. The number of hydrogen-bond acceptors (Lipinski definition) is 8. The van der Waals surface area contributed by atoms with Gasteiger partial charge in [0.2, 0.25) is 0 Å². The van der Waals surface area contributed by atoms with E-state index in [1.165, 1.54) is 17.6 Å². The van der Waals surface area contributed by atoms with Crippen LogP contribution in [0.3, 0.4) is 0 Å². The summed E-state index contributed by atoms with van der Waals surface area (Å²) in [7, 11) is 1.56. The Labute approximate surface area is 231 Å². The number of anilines is 1. The molecular weight excluding hydrogens is 518 g/mol. The normalized spacial score (nSPS) is 13.3. The third kappa shape index (κ3) is 6.83. The highest BCUT2D eigenvalue weighted by atomic mass is 32.1. The average Bonchev–Trinajstić information content (AvgIpc) is 3.31. The minimum atomic E-state index is -0.830. The largest absolute Gasteiger partial charge is 0.496 e. The van der Waals surface area contributed by atoms with E-state index in [9.17, 15) is 14.4 Å². The molecule has 1 heterocycles. The Kier molecular flexibility index (Phi) is 9.32. The number of benzene rings is 2. The van der Waals surface area contributed by atoms with E-state index in [1.807, 2.05) is 18.2 Å². The molecule has 204 valence electrons. The lowest BCUT2D eigenvalue weighted by Crippen LogP contribution is -2.33. The van der Waals surface area contributed by atoms with Gasteiger partial charge in [-0.3, -0.25) is 9.59 Å². The number of amides is 2. The lowest BCUT2D eigenvalue weighted by molar-refractivity contribution is -0.127. The zero-order valence-corrected chi connectivity index (χ0v) is 22.9. The predicted octanol–water partition coefficient (Wildman–Crippen LogP) is 4.98. The number of esters is 1. The number of carbonyl (C=O) groups is 3. The number of carbonyl (C=O) groups excluding carboxylic acids is 3. The highest BCUT2D eigenvalue weighted by Gasteiger charge is 2.27. The maximum absolute atomic E-state index is 13.0. The zero-order valence-electron chi connectivity index (χ0n) is 22.1. The van der Waals surface area contributed by atoms with Crippen molar-refractivity contribution in [3.63, 3.8) is 0 Å². The number of nitrogens with zero attached hydrogens (tertiary/aromatic N) is 1. The molecule has 0 fully saturated rings. The summed E-state index contributed by atoms with van der Waals surface area (Å²) in [5.74, 6) is -0.129. The maximum Gasteiger partial charge on any atom is 0.341 e. The van der Waals surface area contributed by atoms with Crippen molar-refractivity contribution >= 4 is 40.3 Å². The van der Waals surface area contributed by atoms with Crippen molar-refractivity contribution in [2.24, 2.45) is 5.10 Å². The molecule has 9 nitrogen and oxygen atoms in total. The van der Waals surface area contributed by atoms with Gasteiger partial charge in [0.25, 0.3) is 11.8 Å². The first-order valence-corrected chi connectivity index (χ1v) is 13.6. The van der Waals surface area contributed by atoms with Gasteiger partial charge >= 0.3 is 5.97 Å². The molecule has 0 unspecified atom stereocenters. The smallest absolute Gasteiger partial charge is 0.341 e. The summed E-state index contributed by atoms with van der Waals surface area (Å²) in [4.78, 5) is 39.2. The molecule has 0 saturated heterocycles. The van der Waals surface area contributed by atoms with Gasteiger partial charge in [-0.1, -0.05) is 12.1 Å². The number of nitrogens with one attached hydrogen (secondary N) is 2. The van der Waals surface area contributed by atoms with E-state index >= 15 is 0 Å². The lowest BCUT2D eigenvalue weighted by atomic mass is 9.95. The summed E-state index contributed by atoms with van der Waals surface area (Å²) < 4.78 is 16.2. The number of hydrogen-bond donors (Lipinski definition) is 2. The second kappa shape index (κ2) is 13.1. The van der Waals surface area contributed by atoms with E-state index < -0.39 is 18.0 Å². The van der Waals surface area contributed by atoms with Gasteiger partial charge in [0.1, 0.15) is 16.5 Å². The van der Waals surface area contributed by atoms with Crippen LogP contribution < -0.4 is 20.2 Å². The fourth-order valence-corrected chi connectivity index (χ4v) is 5.49. The van der Waals surface area contributed by atoms with Gasteiger partial charge in [0.15, 0.2) is 6.10 Å². The van der Waals surface area contributed by atoms with Crippen LogP contribution in [0.25, 0.3) is 0 Å². The average molecular weight is 550 g/mol. The van der Waals surface area contributed by atoms with E-state index in [1.54, 1.807) is 51.3 Å². The second-order valence-electron chi connectivity index (χ2n) is 8.85. The first-order valence-electron chi connectivity index (χ1n) is 12.8. The van der Waals surface area contributed by atoms with Crippen LogP contribution in [0, 0.1) is 0 Å².